The van der Waals surface area contributed by atoms with Gasteiger partial charge < -0.3 is 20.0 Å². The van der Waals surface area contributed by atoms with Gasteiger partial charge in [-0.05, 0) is 12.1 Å². The van der Waals surface area contributed by atoms with E-state index in [2.05, 4.69) is 4.52 Å². The minimum absolute atomic E-state index is 0.0416. The van der Waals surface area contributed by atoms with E-state index >= 15 is 0 Å². The zero-order valence-corrected chi connectivity index (χ0v) is 11.9. The summed E-state index contributed by atoms with van der Waals surface area (Å²) in [7, 11) is -4.65. The Morgan fingerprint density at radius 2 is 1.33 bits per heavy atom. The fourth-order valence-corrected chi connectivity index (χ4v) is 2.43. The summed E-state index contributed by atoms with van der Waals surface area (Å²) in [5.74, 6) is -0.792. The zero-order chi connectivity index (χ0) is 15.5. The normalized spacial score (nSPS) is 11.8. The van der Waals surface area contributed by atoms with Crippen molar-refractivity contribution in [3.05, 3.63) is 59.7 Å². The molecule has 0 aromatic heterocycles. The van der Waals surface area contributed by atoms with Crippen LogP contribution in [0.2, 0.25) is 0 Å². The highest BCUT2D eigenvalue weighted by Crippen LogP contribution is 2.41. The van der Waals surface area contributed by atoms with Crippen molar-refractivity contribution in [1.29, 1.82) is 0 Å². The topological polar surface area (TPSA) is 107 Å². The summed E-state index contributed by atoms with van der Waals surface area (Å²) in [5.41, 5.74) is 0.819. The number of phenolic OH excluding ortho intramolecular Hbond substituents is 2. The van der Waals surface area contributed by atoms with Crippen molar-refractivity contribution >= 4 is 7.82 Å². The van der Waals surface area contributed by atoms with Gasteiger partial charge in [-0.15, -0.1) is 0 Å². The van der Waals surface area contributed by atoms with E-state index in [0.29, 0.717) is 11.1 Å². The first kappa shape index (κ1) is 15.5. The highest BCUT2D eigenvalue weighted by atomic mass is 31.2. The van der Waals surface area contributed by atoms with Gasteiger partial charge in [-0.1, -0.05) is 36.4 Å². The summed E-state index contributed by atoms with van der Waals surface area (Å²) in [4.78, 5) is 17.7. The van der Waals surface area contributed by atoms with Gasteiger partial charge in [-0.25, -0.2) is 4.57 Å². The molecule has 2 aromatic carbocycles. The maximum absolute atomic E-state index is 10.9. The van der Waals surface area contributed by atoms with Gasteiger partial charge >= 0.3 is 7.82 Å². The van der Waals surface area contributed by atoms with Crippen LogP contribution in [-0.4, -0.2) is 26.6 Å². The second-order valence-corrected chi connectivity index (χ2v) is 5.70. The number of phosphoric acid groups is 1. The molecule has 0 bridgehead atoms. The Hall–Kier alpha value is -1.85. The average Bonchev–Trinajstić information content (AvgIpc) is 2.41. The molecule has 0 atom stereocenters. The van der Waals surface area contributed by atoms with Crippen LogP contribution in [0.4, 0.5) is 0 Å². The van der Waals surface area contributed by atoms with Crippen LogP contribution in [0.3, 0.4) is 0 Å². The summed E-state index contributed by atoms with van der Waals surface area (Å²) < 4.78 is 15.5. The van der Waals surface area contributed by atoms with Gasteiger partial charge in [0.15, 0.2) is 0 Å². The lowest BCUT2D eigenvalue weighted by Gasteiger charge is -2.20. The molecule has 2 rings (SSSR count). The number of para-hydroxylation sites is 2. The van der Waals surface area contributed by atoms with Crippen molar-refractivity contribution in [1.82, 2.24) is 0 Å². The van der Waals surface area contributed by atoms with E-state index in [9.17, 15) is 14.8 Å². The maximum Gasteiger partial charge on any atom is 0.469 e. The fourth-order valence-electron chi connectivity index (χ4n) is 2.08. The SMILES string of the molecule is O=P(O)(O)OCC(c1ccccc1O)c1ccccc1O. The molecule has 6 nitrogen and oxygen atoms in total. The molecule has 0 saturated heterocycles. The van der Waals surface area contributed by atoms with Gasteiger partial charge in [0.1, 0.15) is 11.5 Å². The Labute approximate surface area is 121 Å². The molecule has 0 unspecified atom stereocenters. The molecule has 21 heavy (non-hydrogen) atoms. The molecule has 0 aliphatic rings. The molecular formula is C14H15O6P. The van der Waals surface area contributed by atoms with Crippen LogP contribution in [-0.2, 0) is 9.09 Å². The van der Waals surface area contributed by atoms with Crippen LogP contribution in [0.5, 0.6) is 11.5 Å². The standard InChI is InChI=1S/C14H15O6P/c15-13-7-3-1-5-10(13)12(9-20-21(17,18)19)11-6-2-4-8-14(11)16/h1-8,12,15-16H,9H2,(H2,17,18,19). The van der Waals surface area contributed by atoms with E-state index in [-0.39, 0.29) is 18.1 Å². The van der Waals surface area contributed by atoms with Crippen LogP contribution in [0.15, 0.2) is 48.5 Å². The van der Waals surface area contributed by atoms with Crippen molar-refractivity contribution in [2.45, 2.75) is 5.92 Å². The number of hydrogen-bond acceptors (Lipinski definition) is 4. The minimum atomic E-state index is -4.65. The molecule has 4 N–H and O–H groups in total. The van der Waals surface area contributed by atoms with E-state index in [1.54, 1.807) is 36.4 Å². The van der Waals surface area contributed by atoms with Crippen molar-refractivity contribution < 1.29 is 29.1 Å². The predicted octanol–water partition coefficient (Wildman–Crippen LogP) is 2.34. The third-order valence-corrected chi connectivity index (χ3v) is 3.52. The predicted molar refractivity (Wildman–Crippen MR) is 76.1 cm³/mol. The van der Waals surface area contributed by atoms with Crippen LogP contribution < -0.4 is 0 Å². The van der Waals surface area contributed by atoms with E-state index in [1.165, 1.54) is 12.1 Å². The van der Waals surface area contributed by atoms with Gasteiger partial charge in [0, 0.05) is 17.0 Å². The first-order valence-electron chi connectivity index (χ1n) is 6.14. The smallest absolute Gasteiger partial charge is 0.469 e. The average molecular weight is 310 g/mol. The molecule has 7 heteroatoms. The minimum Gasteiger partial charge on any atom is -0.508 e. The molecule has 0 amide bonds. The van der Waals surface area contributed by atoms with Gasteiger partial charge in [0.05, 0.1) is 6.61 Å². The Kier molecular flexibility index (Phi) is 4.65. The Bertz CT molecular complexity index is 621. The van der Waals surface area contributed by atoms with Crippen molar-refractivity contribution in [2.75, 3.05) is 6.61 Å². The number of phenols is 2. The van der Waals surface area contributed by atoms with Crippen LogP contribution in [0.1, 0.15) is 17.0 Å². The number of rotatable bonds is 5. The van der Waals surface area contributed by atoms with E-state index in [0.717, 1.165) is 0 Å². The Morgan fingerprint density at radius 1 is 0.905 bits per heavy atom. The van der Waals surface area contributed by atoms with Crippen molar-refractivity contribution in [3.63, 3.8) is 0 Å². The van der Waals surface area contributed by atoms with Crippen molar-refractivity contribution in [3.8, 4) is 11.5 Å². The second-order valence-electron chi connectivity index (χ2n) is 4.46. The fraction of sp³-hybridized carbons (Fsp3) is 0.143. The highest BCUT2D eigenvalue weighted by molar-refractivity contribution is 7.46. The third-order valence-electron chi connectivity index (χ3n) is 3.03. The highest BCUT2D eigenvalue weighted by Gasteiger charge is 2.24. The molecule has 112 valence electrons. The molecule has 0 radical (unpaired) electrons. The Morgan fingerprint density at radius 3 is 1.71 bits per heavy atom. The van der Waals surface area contributed by atoms with Crippen LogP contribution in [0.25, 0.3) is 0 Å². The number of phosphoric ester groups is 1. The molecule has 0 aliphatic carbocycles. The molecule has 2 aromatic rings. The summed E-state index contributed by atoms with van der Waals surface area (Å²) in [5, 5.41) is 19.9. The molecular weight excluding hydrogens is 295 g/mol. The Balaban J connectivity index is 2.43. The summed E-state index contributed by atoms with van der Waals surface area (Å²) in [6, 6.07) is 12.7. The van der Waals surface area contributed by atoms with E-state index < -0.39 is 13.7 Å². The summed E-state index contributed by atoms with van der Waals surface area (Å²) in [6.07, 6.45) is 0. The summed E-state index contributed by atoms with van der Waals surface area (Å²) in [6.45, 7) is -0.376. The van der Waals surface area contributed by atoms with Gasteiger partial charge in [-0.2, -0.15) is 0 Å². The number of hydrogen-bond donors (Lipinski definition) is 4. The molecule has 0 saturated carbocycles. The molecule has 0 spiro atoms. The molecule has 0 fully saturated rings. The largest absolute Gasteiger partial charge is 0.508 e. The lowest BCUT2D eigenvalue weighted by molar-refractivity contribution is 0.190. The molecule has 0 heterocycles. The van der Waals surface area contributed by atoms with E-state index in [1.807, 2.05) is 0 Å². The van der Waals surface area contributed by atoms with E-state index in [4.69, 9.17) is 9.79 Å². The first-order chi connectivity index (χ1) is 9.88. The van der Waals surface area contributed by atoms with Crippen LogP contribution >= 0.6 is 7.82 Å². The second kappa shape index (κ2) is 6.28. The van der Waals surface area contributed by atoms with Gasteiger partial charge in [0.2, 0.25) is 0 Å². The lowest BCUT2D eigenvalue weighted by atomic mass is 9.91. The number of aromatic hydroxyl groups is 2. The maximum atomic E-state index is 10.9. The van der Waals surface area contributed by atoms with Gasteiger partial charge in [0.25, 0.3) is 0 Å². The number of benzene rings is 2. The van der Waals surface area contributed by atoms with Gasteiger partial charge in [-0.3, -0.25) is 4.52 Å². The quantitative estimate of drug-likeness (QED) is 0.631. The summed E-state index contributed by atoms with van der Waals surface area (Å²) >= 11 is 0. The lowest BCUT2D eigenvalue weighted by Crippen LogP contribution is -2.09. The first-order valence-corrected chi connectivity index (χ1v) is 7.67. The zero-order valence-electron chi connectivity index (χ0n) is 11.0. The van der Waals surface area contributed by atoms with Crippen LogP contribution in [0, 0.1) is 0 Å². The van der Waals surface area contributed by atoms with Crippen molar-refractivity contribution in [2.24, 2.45) is 0 Å². The monoisotopic (exact) mass is 310 g/mol. The third kappa shape index (κ3) is 4.06. The molecule has 0 aliphatic heterocycles.